The Hall–Kier alpha value is -4.61. The summed E-state index contributed by atoms with van der Waals surface area (Å²) in [7, 11) is 1.79. The highest BCUT2D eigenvalue weighted by Gasteiger charge is 2.24. The van der Waals surface area contributed by atoms with Crippen LogP contribution in [0.15, 0.2) is 53.8 Å². The number of aliphatic hydroxyl groups excluding tert-OH is 1. The smallest absolute Gasteiger partial charge is 0.323 e. The van der Waals surface area contributed by atoms with Gasteiger partial charge in [-0.15, -0.1) is 11.3 Å². The number of aromatic nitrogens is 1. The molecular formula is C28H34FN7O7S. The maximum atomic E-state index is 14.3. The molecule has 236 valence electrons. The molecule has 3 rings (SSSR count). The van der Waals surface area contributed by atoms with Crippen LogP contribution in [0.2, 0.25) is 0 Å². The summed E-state index contributed by atoms with van der Waals surface area (Å²) in [6.07, 6.45) is 1.94. The highest BCUT2D eigenvalue weighted by atomic mass is 32.1. The van der Waals surface area contributed by atoms with Crippen molar-refractivity contribution in [3.05, 3.63) is 76.3 Å². The van der Waals surface area contributed by atoms with Crippen molar-refractivity contribution in [2.75, 3.05) is 32.1 Å². The summed E-state index contributed by atoms with van der Waals surface area (Å²) < 4.78 is 26.3. The number of aliphatic hydroxyl groups is 1. The van der Waals surface area contributed by atoms with Crippen LogP contribution in [0.25, 0.3) is 0 Å². The van der Waals surface area contributed by atoms with Gasteiger partial charge in [-0.05, 0) is 55.4 Å². The molecule has 0 aliphatic heterocycles. The molecule has 2 atom stereocenters. The van der Waals surface area contributed by atoms with Crippen LogP contribution in [-0.2, 0) is 22.4 Å². The van der Waals surface area contributed by atoms with Crippen LogP contribution in [0.4, 0.5) is 9.52 Å². The Morgan fingerprint density at radius 2 is 1.98 bits per heavy atom. The van der Waals surface area contributed by atoms with Gasteiger partial charge in [-0.3, -0.25) is 14.4 Å². The lowest BCUT2D eigenvalue weighted by Gasteiger charge is -2.21. The Morgan fingerprint density at radius 3 is 2.61 bits per heavy atom. The number of rotatable bonds is 17. The molecule has 1 heterocycles. The summed E-state index contributed by atoms with van der Waals surface area (Å²) in [6.45, 7) is 0.577. The van der Waals surface area contributed by atoms with Gasteiger partial charge in [0, 0.05) is 23.8 Å². The van der Waals surface area contributed by atoms with E-state index in [4.69, 9.17) is 31.9 Å². The van der Waals surface area contributed by atoms with Gasteiger partial charge in [0.2, 0.25) is 5.91 Å². The Morgan fingerprint density at radius 1 is 1.23 bits per heavy atom. The van der Waals surface area contributed by atoms with E-state index in [0.717, 1.165) is 22.8 Å². The highest BCUT2D eigenvalue weighted by molar-refractivity contribution is 7.13. The Labute approximate surface area is 256 Å². The zero-order chi connectivity index (χ0) is 32.2. The van der Waals surface area contributed by atoms with Crippen LogP contribution in [0.5, 0.6) is 17.2 Å². The van der Waals surface area contributed by atoms with Crippen molar-refractivity contribution in [2.24, 2.45) is 17.3 Å². The zero-order valence-electron chi connectivity index (χ0n) is 23.7. The first-order valence-corrected chi connectivity index (χ1v) is 14.1. The van der Waals surface area contributed by atoms with Gasteiger partial charge in [0.25, 0.3) is 0 Å². The van der Waals surface area contributed by atoms with Gasteiger partial charge in [-0.1, -0.05) is 0 Å². The Bertz CT molecular complexity index is 1470. The van der Waals surface area contributed by atoms with E-state index in [2.05, 4.69) is 15.6 Å². The normalized spacial score (nSPS) is 12.7. The maximum absolute atomic E-state index is 14.3. The van der Waals surface area contributed by atoms with Crippen LogP contribution in [0, 0.1) is 5.82 Å². The largest absolute Gasteiger partial charge is 0.488 e. The second kappa shape index (κ2) is 16.3. The SMILES string of the molecule is CNCCc1cc(OCCN(N)/C=C(\N)C(O)C(N)C(=O)O)c(Oc2ccc(C=O)c(F)c2)cc1CC(=O)Nc1nccs1. The van der Waals surface area contributed by atoms with Gasteiger partial charge >= 0.3 is 5.97 Å². The average Bonchev–Trinajstić information content (AvgIpc) is 3.49. The number of ether oxygens (including phenoxy) is 2. The van der Waals surface area contributed by atoms with Crippen molar-refractivity contribution in [1.82, 2.24) is 15.3 Å². The second-order valence-corrected chi connectivity index (χ2v) is 10.3. The number of thiazole rings is 1. The number of anilines is 1. The molecule has 1 aromatic heterocycles. The topological polar surface area (TPSA) is 228 Å². The van der Waals surface area contributed by atoms with E-state index in [9.17, 15) is 23.9 Å². The lowest BCUT2D eigenvalue weighted by atomic mass is 10.00. The number of carbonyl (C=O) groups excluding carboxylic acids is 2. The molecule has 0 saturated carbocycles. The molecule has 0 fully saturated rings. The van der Waals surface area contributed by atoms with Crippen molar-refractivity contribution in [3.8, 4) is 17.2 Å². The van der Waals surface area contributed by atoms with E-state index >= 15 is 0 Å². The van der Waals surface area contributed by atoms with Gasteiger partial charge in [0.05, 0.1) is 24.2 Å². The minimum Gasteiger partial charge on any atom is -0.488 e. The third kappa shape index (κ3) is 9.72. The third-order valence-electron chi connectivity index (χ3n) is 6.16. The molecule has 3 aromatic rings. The van der Waals surface area contributed by atoms with Crippen molar-refractivity contribution < 1.29 is 38.5 Å². The molecule has 0 spiro atoms. The number of hydrogen-bond donors (Lipinski definition) is 7. The number of carboxylic acids is 1. The number of hydrazine groups is 1. The molecule has 0 bridgehead atoms. The van der Waals surface area contributed by atoms with E-state index in [-0.39, 0.29) is 54.0 Å². The summed E-state index contributed by atoms with van der Waals surface area (Å²) in [5.41, 5.74) is 12.1. The van der Waals surface area contributed by atoms with Crippen molar-refractivity contribution in [1.29, 1.82) is 0 Å². The molecule has 44 heavy (non-hydrogen) atoms. The molecular weight excluding hydrogens is 597 g/mol. The van der Waals surface area contributed by atoms with Crippen molar-refractivity contribution in [3.63, 3.8) is 0 Å². The highest BCUT2D eigenvalue weighted by Crippen LogP contribution is 2.36. The molecule has 0 radical (unpaired) electrons. The quantitative estimate of drug-likeness (QED) is 0.0626. The monoisotopic (exact) mass is 631 g/mol. The predicted octanol–water partition coefficient (Wildman–Crippen LogP) is 0.958. The fourth-order valence-electron chi connectivity index (χ4n) is 3.84. The van der Waals surface area contributed by atoms with E-state index in [1.54, 1.807) is 30.8 Å². The lowest BCUT2D eigenvalue weighted by molar-refractivity contribution is -0.140. The Balaban J connectivity index is 1.87. The summed E-state index contributed by atoms with van der Waals surface area (Å²) in [6, 6.07) is 5.43. The minimum absolute atomic E-state index is 0.0187. The zero-order valence-corrected chi connectivity index (χ0v) is 24.6. The van der Waals surface area contributed by atoms with Crippen LogP contribution >= 0.6 is 11.3 Å². The summed E-state index contributed by atoms with van der Waals surface area (Å²) >= 11 is 1.28. The first-order valence-electron chi connectivity index (χ1n) is 13.2. The first kappa shape index (κ1) is 33.9. The minimum atomic E-state index is -1.67. The van der Waals surface area contributed by atoms with E-state index < -0.39 is 23.9 Å². The molecule has 1 amide bonds. The molecule has 14 nitrogen and oxygen atoms in total. The van der Waals surface area contributed by atoms with E-state index in [0.29, 0.717) is 29.9 Å². The molecule has 16 heteroatoms. The predicted molar refractivity (Wildman–Crippen MR) is 161 cm³/mol. The van der Waals surface area contributed by atoms with Crippen LogP contribution in [0.3, 0.4) is 0 Å². The summed E-state index contributed by atoms with van der Waals surface area (Å²) in [5.74, 6) is 3.90. The standard InChI is InChI=1S/C28H34FN7O7S/c1-33-5-4-16-10-22(42-8-7-36(32)14-21(30)26(39)25(31)27(40)41)23(43-19-3-2-17(15-37)20(29)13-19)11-18(16)12-24(38)35-28-34-6-9-44-28/h2-3,6,9-11,13-15,25-26,33,39H,4-5,7-8,12,30-32H2,1H3,(H,40,41)(H,34,35,38)/b21-14-. The number of aldehydes is 1. The number of benzene rings is 2. The second-order valence-electron chi connectivity index (χ2n) is 9.41. The van der Waals surface area contributed by atoms with Crippen molar-refractivity contribution in [2.45, 2.75) is 25.0 Å². The number of nitrogens with one attached hydrogen (secondary N) is 2. The number of hydrogen-bond acceptors (Lipinski definition) is 13. The molecule has 0 aliphatic carbocycles. The average molecular weight is 632 g/mol. The number of amides is 1. The van der Waals surface area contributed by atoms with Crippen molar-refractivity contribution >= 4 is 34.6 Å². The number of carboxylic acid groups (broad SMARTS) is 1. The molecule has 0 saturated heterocycles. The third-order valence-corrected chi connectivity index (χ3v) is 6.84. The number of nitrogens with zero attached hydrogens (tertiary/aromatic N) is 2. The van der Waals surface area contributed by atoms with E-state index in [1.807, 2.05) is 0 Å². The number of carbonyl (C=O) groups is 3. The molecule has 2 aromatic carbocycles. The summed E-state index contributed by atoms with van der Waals surface area (Å²) in [5, 5.41) is 28.0. The number of likely N-dealkylation sites (N-methyl/N-ethyl adjacent to an activating group) is 1. The van der Waals surface area contributed by atoms with Crippen LogP contribution in [-0.4, -0.2) is 77.3 Å². The number of aliphatic carboxylic acids is 1. The summed E-state index contributed by atoms with van der Waals surface area (Å²) in [4.78, 5) is 39.0. The van der Waals surface area contributed by atoms with Gasteiger partial charge in [0.15, 0.2) is 22.9 Å². The van der Waals surface area contributed by atoms with Gasteiger partial charge < -0.3 is 46.8 Å². The lowest BCUT2D eigenvalue weighted by Crippen LogP contribution is -2.45. The molecule has 0 aliphatic rings. The number of nitrogens with two attached hydrogens (primary N) is 3. The molecule has 10 N–H and O–H groups in total. The fraction of sp³-hybridized carbons (Fsp3) is 0.286. The van der Waals surface area contributed by atoms with Crippen LogP contribution in [0.1, 0.15) is 21.5 Å². The van der Waals surface area contributed by atoms with Gasteiger partial charge in [0.1, 0.15) is 30.3 Å². The number of halogens is 1. The van der Waals surface area contributed by atoms with Gasteiger partial charge in [-0.25, -0.2) is 15.2 Å². The first-order chi connectivity index (χ1) is 21.0. The molecule has 2 unspecified atom stereocenters. The Kier molecular flexibility index (Phi) is 12.5. The van der Waals surface area contributed by atoms with Gasteiger partial charge in [-0.2, -0.15) is 0 Å². The fourth-order valence-corrected chi connectivity index (χ4v) is 4.39. The maximum Gasteiger partial charge on any atom is 0.323 e. The van der Waals surface area contributed by atoms with Crippen LogP contribution < -0.4 is 37.4 Å². The van der Waals surface area contributed by atoms with E-state index in [1.165, 1.54) is 23.5 Å².